The van der Waals surface area contributed by atoms with E-state index in [0.29, 0.717) is 18.8 Å². The van der Waals surface area contributed by atoms with Crippen LogP contribution in [-0.4, -0.2) is 36.1 Å². The summed E-state index contributed by atoms with van der Waals surface area (Å²) in [7, 11) is 0. The first-order valence-corrected chi connectivity index (χ1v) is 5.75. The molecule has 1 aliphatic rings. The average molecular weight is 249 g/mol. The smallest absolute Gasteiger partial charge is 0.237 e. The van der Waals surface area contributed by atoms with Gasteiger partial charge >= 0.3 is 0 Å². The van der Waals surface area contributed by atoms with Crippen LogP contribution in [0, 0.1) is 0 Å². The van der Waals surface area contributed by atoms with E-state index in [4.69, 9.17) is 0 Å². The topological polar surface area (TPSA) is 90.5 Å². The van der Waals surface area contributed by atoms with Gasteiger partial charge in [-0.3, -0.25) is 9.59 Å². The number of carbonyl (C=O) groups is 2. The second kappa shape index (κ2) is 5.50. The summed E-state index contributed by atoms with van der Waals surface area (Å²) in [6.07, 6.45) is 0.0709. The number of hydrogen-bond acceptors (Lipinski definition) is 4. The van der Waals surface area contributed by atoms with Crippen LogP contribution < -0.4 is 16.0 Å². The molecule has 1 atom stereocenters. The molecule has 96 valence electrons. The molecule has 0 saturated carbocycles. The van der Waals surface area contributed by atoms with Crippen molar-refractivity contribution in [3.05, 3.63) is 24.3 Å². The first kappa shape index (κ1) is 12.4. The number of phenolic OH excluding ortho intramolecular Hbond substituents is 1. The molecule has 6 heteroatoms. The minimum Gasteiger partial charge on any atom is -0.508 e. The minimum absolute atomic E-state index is 0.0709. The minimum atomic E-state index is -0.490. The van der Waals surface area contributed by atoms with Gasteiger partial charge in [0.1, 0.15) is 5.75 Å². The van der Waals surface area contributed by atoms with Crippen LogP contribution in [0.3, 0.4) is 0 Å². The summed E-state index contributed by atoms with van der Waals surface area (Å²) >= 11 is 0. The average Bonchev–Trinajstić information content (AvgIpc) is 2.32. The summed E-state index contributed by atoms with van der Waals surface area (Å²) in [5.41, 5.74) is 0.510. The fourth-order valence-electron chi connectivity index (χ4n) is 1.79. The van der Waals surface area contributed by atoms with E-state index in [1.54, 1.807) is 12.1 Å². The van der Waals surface area contributed by atoms with Crippen molar-refractivity contribution in [3.63, 3.8) is 0 Å². The zero-order valence-electron chi connectivity index (χ0n) is 9.77. The maximum Gasteiger partial charge on any atom is 0.237 e. The highest BCUT2D eigenvalue weighted by Gasteiger charge is 2.23. The zero-order valence-corrected chi connectivity index (χ0v) is 9.77. The van der Waals surface area contributed by atoms with Gasteiger partial charge < -0.3 is 21.1 Å². The van der Waals surface area contributed by atoms with Gasteiger partial charge in [-0.25, -0.2) is 0 Å². The molecule has 0 bridgehead atoms. The number of anilines is 1. The molecule has 1 aromatic rings. The van der Waals surface area contributed by atoms with Crippen LogP contribution in [0.2, 0.25) is 0 Å². The summed E-state index contributed by atoms with van der Waals surface area (Å²) in [5, 5.41) is 17.6. The Balaban J connectivity index is 1.90. The van der Waals surface area contributed by atoms with Gasteiger partial charge in [0, 0.05) is 24.8 Å². The van der Waals surface area contributed by atoms with Crippen molar-refractivity contribution in [2.24, 2.45) is 0 Å². The molecule has 1 saturated heterocycles. The highest BCUT2D eigenvalue weighted by molar-refractivity contribution is 5.95. The van der Waals surface area contributed by atoms with Crippen LogP contribution in [0.1, 0.15) is 6.42 Å². The Morgan fingerprint density at radius 1 is 1.44 bits per heavy atom. The molecule has 0 unspecified atom stereocenters. The monoisotopic (exact) mass is 249 g/mol. The number of amides is 2. The van der Waals surface area contributed by atoms with E-state index >= 15 is 0 Å². The van der Waals surface area contributed by atoms with Gasteiger partial charge in [0.2, 0.25) is 11.8 Å². The molecule has 1 fully saturated rings. The highest BCUT2D eigenvalue weighted by Crippen LogP contribution is 2.15. The molecule has 6 nitrogen and oxygen atoms in total. The largest absolute Gasteiger partial charge is 0.508 e. The van der Waals surface area contributed by atoms with E-state index in [-0.39, 0.29) is 24.0 Å². The van der Waals surface area contributed by atoms with Crippen molar-refractivity contribution in [3.8, 4) is 5.75 Å². The second-order valence-corrected chi connectivity index (χ2v) is 4.10. The molecule has 18 heavy (non-hydrogen) atoms. The van der Waals surface area contributed by atoms with Gasteiger partial charge in [0.15, 0.2) is 0 Å². The molecule has 2 rings (SSSR count). The Morgan fingerprint density at radius 2 is 2.28 bits per heavy atom. The van der Waals surface area contributed by atoms with Crippen molar-refractivity contribution < 1.29 is 14.7 Å². The first-order valence-electron chi connectivity index (χ1n) is 5.75. The molecule has 0 aromatic heterocycles. The Labute approximate surface area is 104 Å². The van der Waals surface area contributed by atoms with Crippen LogP contribution in [0.15, 0.2) is 24.3 Å². The van der Waals surface area contributed by atoms with E-state index in [1.807, 2.05) is 0 Å². The van der Waals surface area contributed by atoms with E-state index in [1.165, 1.54) is 12.1 Å². The summed E-state index contributed by atoms with van der Waals surface area (Å²) in [5.74, 6) is -0.344. The fraction of sp³-hybridized carbons (Fsp3) is 0.333. The van der Waals surface area contributed by atoms with Gasteiger partial charge in [-0.05, 0) is 12.1 Å². The normalized spacial score (nSPS) is 19.1. The lowest BCUT2D eigenvalue weighted by Crippen LogP contribution is -2.53. The Hall–Kier alpha value is -2.08. The summed E-state index contributed by atoms with van der Waals surface area (Å²) in [6.45, 7) is 1.25. The lowest BCUT2D eigenvalue weighted by Gasteiger charge is -2.22. The standard InChI is InChI=1S/C12H15N3O3/c16-9-3-1-2-8(6-9)15-11(17)7-10-12(18)14-5-4-13-10/h1-3,6,10,13,16H,4-5,7H2,(H,14,18)(H,15,17)/t10-/m0/s1. The quantitative estimate of drug-likeness (QED) is 0.597. The third-order valence-corrected chi connectivity index (χ3v) is 2.65. The second-order valence-electron chi connectivity index (χ2n) is 4.10. The number of rotatable bonds is 3. The first-order chi connectivity index (χ1) is 8.65. The Morgan fingerprint density at radius 3 is 3.00 bits per heavy atom. The number of hydrogen-bond donors (Lipinski definition) is 4. The molecule has 0 radical (unpaired) electrons. The third-order valence-electron chi connectivity index (χ3n) is 2.65. The molecule has 1 heterocycles. The van der Waals surface area contributed by atoms with Gasteiger partial charge in [-0.1, -0.05) is 6.07 Å². The van der Waals surface area contributed by atoms with E-state index < -0.39 is 6.04 Å². The third kappa shape index (κ3) is 3.21. The van der Waals surface area contributed by atoms with E-state index in [0.717, 1.165) is 0 Å². The van der Waals surface area contributed by atoms with Gasteiger partial charge in [0.25, 0.3) is 0 Å². The zero-order chi connectivity index (χ0) is 13.0. The molecule has 0 aliphatic carbocycles. The van der Waals surface area contributed by atoms with Crippen LogP contribution in [0.5, 0.6) is 5.75 Å². The Bertz CT molecular complexity index is 462. The lowest BCUT2D eigenvalue weighted by molar-refractivity contribution is -0.127. The van der Waals surface area contributed by atoms with Crippen molar-refractivity contribution in [2.75, 3.05) is 18.4 Å². The fourth-order valence-corrected chi connectivity index (χ4v) is 1.79. The van der Waals surface area contributed by atoms with Crippen LogP contribution >= 0.6 is 0 Å². The molecule has 0 spiro atoms. The summed E-state index contributed by atoms with van der Waals surface area (Å²) < 4.78 is 0. The number of phenols is 1. The maximum absolute atomic E-state index is 11.7. The SMILES string of the molecule is O=C(C[C@@H]1NCCNC1=O)Nc1cccc(O)c1. The number of aromatic hydroxyl groups is 1. The molecule has 1 aromatic carbocycles. The molecule has 2 amide bonds. The molecular weight excluding hydrogens is 234 g/mol. The Kier molecular flexibility index (Phi) is 3.78. The van der Waals surface area contributed by atoms with Crippen molar-refractivity contribution in [1.29, 1.82) is 0 Å². The van der Waals surface area contributed by atoms with Crippen molar-refractivity contribution >= 4 is 17.5 Å². The predicted octanol–water partition coefficient (Wildman–Crippen LogP) is -0.191. The number of nitrogens with one attached hydrogen (secondary N) is 3. The number of benzene rings is 1. The van der Waals surface area contributed by atoms with Crippen LogP contribution in [0.4, 0.5) is 5.69 Å². The van der Waals surface area contributed by atoms with Crippen molar-refractivity contribution in [2.45, 2.75) is 12.5 Å². The van der Waals surface area contributed by atoms with E-state index in [2.05, 4.69) is 16.0 Å². The molecular formula is C12H15N3O3. The maximum atomic E-state index is 11.7. The predicted molar refractivity (Wildman–Crippen MR) is 66.2 cm³/mol. The number of piperazine rings is 1. The molecule has 4 N–H and O–H groups in total. The van der Waals surface area contributed by atoms with Gasteiger partial charge in [-0.15, -0.1) is 0 Å². The lowest BCUT2D eigenvalue weighted by atomic mass is 10.1. The highest BCUT2D eigenvalue weighted by atomic mass is 16.3. The summed E-state index contributed by atoms with van der Waals surface area (Å²) in [4.78, 5) is 23.2. The van der Waals surface area contributed by atoms with Gasteiger partial charge in [0.05, 0.1) is 12.5 Å². The van der Waals surface area contributed by atoms with Crippen molar-refractivity contribution in [1.82, 2.24) is 10.6 Å². The van der Waals surface area contributed by atoms with Gasteiger partial charge in [-0.2, -0.15) is 0 Å². The number of carbonyl (C=O) groups excluding carboxylic acids is 2. The molecule has 1 aliphatic heterocycles. The van der Waals surface area contributed by atoms with E-state index in [9.17, 15) is 14.7 Å². The van der Waals surface area contributed by atoms with Crippen LogP contribution in [-0.2, 0) is 9.59 Å². The van der Waals surface area contributed by atoms with Crippen LogP contribution in [0.25, 0.3) is 0 Å². The summed E-state index contributed by atoms with van der Waals surface area (Å²) in [6, 6.07) is 5.79.